The number of amides is 2. The van der Waals surface area contributed by atoms with Gasteiger partial charge in [-0.2, -0.15) is 5.10 Å². The minimum absolute atomic E-state index is 0.0598. The van der Waals surface area contributed by atoms with E-state index in [-0.39, 0.29) is 6.03 Å². The van der Waals surface area contributed by atoms with Crippen LogP contribution in [0.25, 0.3) is 0 Å². The molecule has 1 aliphatic rings. The standard InChI is InChI=1S/C14H24N4O/c1-11-13(12(2)17(3)16-11)10-15-14(19)18-8-6-4-5-7-9-18/h4-10H2,1-3H3,(H,15,19). The quantitative estimate of drug-likeness (QED) is 0.889. The number of carbonyl (C=O) groups excluding carboxylic acids is 1. The predicted molar refractivity (Wildman–Crippen MR) is 75.0 cm³/mol. The lowest BCUT2D eigenvalue weighted by Gasteiger charge is -2.20. The Morgan fingerprint density at radius 3 is 2.37 bits per heavy atom. The van der Waals surface area contributed by atoms with Crippen molar-refractivity contribution in [3.63, 3.8) is 0 Å². The van der Waals surface area contributed by atoms with Crippen LogP contribution in [0.4, 0.5) is 4.79 Å². The first kappa shape index (κ1) is 13.9. The zero-order valence-electron chi connectivity index (χ0n) is 12.2. The van der Waals surface area contributed by atoms with Gasteiger partial charge in [-0.1, -0.05) is 12.8 Å². The fourth-order valence-electron chi connectivity index (χ4n) is 2.62. The van der Waals surface area contributed by atoms with E-state index in [0.29, 0.717) is 6.54 Å². The summed E-state index contributed by atoms with van der Waals surface area (Å²) in [6.07, 6.45) is 4.73. The Bertz CT molecular complexity index is 445. The van der Waals surface area contributed by atoms with Crippen LogP contribution in [0, 0.1) is 13.8 Å². The summed E-state index contributed by atoms with van der Waals surface area (Å²) in [5.74, 6) is 0. The van der Waals surface area contributed by atoms with Gasteiger partial charge in [0.1, 0.15) is 0 Å². The summed E-state index contributed by atoms with van der Waals surface area (Å²) >= 11 is 0. The van der Waals surface area contributed by atoms with E-state index in [2.05, 4.69) is 10.4 Å². The lowest BCUT2D eigenvalue weighted by Crippen LogP contribution is -2.40. The molecule has 2 heterocycles. The number of aromatic nitrogens is 2. The largest absolute Gasteiger partial charge is 0.334 e. The molecule has 0 aliphatic carbocycles. The van der Waals surface area contributed by atoms with Crippen LogP contribution < -0.4 is 5.32 Å². The van der Waals surface area contributed by atoms with Gasteiger partial charge in [-0.15, -0.1) is 0 Å². The minimum atomic E-state index is 0.0598. The number of aryl methyl sites for hydroxylation is 2. The van der Waals surface area contributed by atoms with Gasteiger partial charge in [0.25, 0.3) is 0 Å². The lowest BCUT2D eigenvalue weighted by atomic mass is 10.2. The maximum atomic E-state index is 12.1. The molecule has 1 aliphatic heterocycles. The SMILES string of the molecule is Cc1nn(C)c(C)c1CNC(=O)N1CCCCCC1. The molecule has 1 aromatic rings. The number of nitrogens with one attached hydrogen (secondary N) is 1. The fourth-order valence-corrected chi connectivity index (χ4v) is 2.62. The monoisotopic (exact) mass is 264 g/mol. The highest BCUT2D eigenvalue weighted by Gasteiger charge is 2.16. The first-order valence-corrected chi connectivity index (χ1v) is 7.11. The molecule has 0 spiro atoms. The molecule has 5 nitrogen and oxygen atoms in total. The van der Waals surface area contributed by atoms with Crippen LogP contribution >= 0.6 is 0 Å². The van der Waals surface area contributed by atoms with Crippen LogP contribution in [0.2, 0.25) is 0 Å². The molecule has 0 aromatic carbocycles. The lowest BCUT2D eigenvalue weighted by molar-refractivity contribution is 0.199. The van der Waals surface area contributed by atoms with Crippen molar-refractivity contribution in [2.45, 2.75) is 46.1 Å². The van der Waals surface area contributed by atoms with Gasteiger partial charge in [-0.3, -0.25) is 4.68 Å². The second-order valence-corrected chi connectivity index (χ2v) is 5.33. The number of nitrogens with zero attached hydrogens (tertiary/aromatic N) is 3. The van der Waals surface area contributed by atoms with Crippen LogP contribution in [-0.4, -0.2) is 33.8 Å². The summed E-state index contributed by atoms with van der Waals surface area (Å²) in [5.41, 5.74) is 3.25. The van der Waals surface area contributed by atoms with Gasteiger partial charge in [-0.05, 0) is 26.7 Å². The van der Waals surface area contributed by atoms with Crippen molar-refractivity contribution in [2.24, 2.45) is 7.05 Å². The highest BCUT2D eigenvalue weighted by atomic mass is 16.2. The average molecular weight is 264 g/mol. The fraction of sp³-hybridized carbons (Fsp3) is 0.714. The third-order valence-electron chi connectivity index (χ3n) is 3.97. The maximum Gasteiger partial charge on any atom is 0.317 e. The maximum absolute atomic E-state index is 12.1. The van der Waals surface area contributed by atoms with E-state index in [1.54, 1.807) is 0 Å². The topological polar surface area (TPSA) is 50.2 Å². The molecule has 1 N–H and O–H groups in total. The van der Waals surface area contributed by atoms with Gasteiger partial charge in [0.15, 0.2) is 0 Å². The molecule has 1 aromatic heterocycles. The number of rotatable bonds is 2. The summed E-state index contributed by atoms with van der Waals surface area (Å²) in [4.78, 5) is 14.1. The Morgan fingerprint density at radius 1 is 1.21 bits per heavy atom. The normalized spacial score (nSPS) is 16.3. The molecule has 0 unspecified atom stereocenters. The number of likely N-dealkylation sites (tertiary alicyclic amines) is 1. The Hall–Kier alpha value is -1.52. The van der Waals surface area contributed by atoms with Crippen molar-refractivity contribution in [1.82, 2.24) is 20.0 Å². The summed E-state index contributed by atoms with van der Waals surface area (Å²) in [7, 11) is 1.93. The zero-order valence-corrected chi connectivity index (χ0v) is 12.2. The Labute approximate surface area is 115 Å². The van der Waals surface area contributed by atoms with Crippen molar-refractivity contribution in [3.8, 4) is 0 Å². The molecule has 1 fully saturated rings. The van der Waals surface area contributed by atoms with Crippen molar-refractivity contribution in [3.05, 3.63) is 17.0 Å². The van der Waals surface area contributed by atoms with Crippen LogP contribution in [0.1, 0.15) is 42.6 Å². The molecule has 1 saturated heterocycles. The van der Waals surface area contributed by atoms with E-state index in [0.717, 1.165) is 42.9 Å². The predicted octanol–water partition coefficient (Wildman–Crippen LogP) is 2.12. The van der Waals surface area contributed by atoms with Crippen molar-refractivity contribution < 1.29 is 4.79 Å². The molecule has 0 atom stereocenters. The third-order valence-corrected chi connectivity index (χ3v) is 3.97. The van der Waals surface area contributed by atoms with Crippen LogP contribution in [-0.2, 0) is 13.6 Å². The van der Waals surface area contributed by atoms with E-state index >= 15 is 0 Å². The van der Waals surface area contributed by atoms with Gasteiger partial charge < -0.3 is 10.2 Å². The van der Waals surface area contributed by atoms with Crippen molar-refractivity contribution in [1.29, 1.82) is 0 Å². The van der Waals surface area contributed by atoms with Crippen LogP contribution in [0.5, 0.6) is 0 Å². The van der Waals surface area contributed by atoms with Crippen molar-refractivity contribution in [2.75, 3.05) is 13.1 Å². The minimum Gasteiger partial charge on any atom is -0.334 e. The molecular weight excluding hydrogens is 240 g/mol. The summed E-state index contributed by atoms with van der Waals surface area (Å²) < 4.78 is 1.86. The van der Waals surface area contributed by atoms with Crippen molar-refractivity contribution >= 4 is 6.03 Å². The molecule has 106 valence electrons. The molecule has 0 saturated carbocycles. The molecule has 0 bridgehead atoms. The molecule has 19 heavy (non-hydrogen) atoms. The Kier molecular flexibility index (Phi) is 4.45. The van der Waals surface area contributed by atoms with E-state index in [9.17, 15) is 4.79 Å². The number of hydrogen-bond donors (Lipinski definition) is 1. The average Bonchev–Trinajstić information content (AvgIpc) is 2.62. The first-order valence-electron chi connectivity index (χ1n) is 7.11. The third kappa shape index (κ3) is 3.28. The molecule has 2 rings (SSSR count). The Morgan fingerprint density at radius 2 is 1.84 bits per heavy atom. The van der Waals surface area contributed by atoms with Gasteiger partial charge in [-0.25, -0.2) is 4.79 Å². The van der Waals surface area contributed by atoms with Gasteiger partial charge >= 0.3 is 6.03 Å². The van der Waals surface area contributed by atoms with E-state index < -0.39 is 0 Å². The smallest absolute Gasteiger partial charge is 0.317 e. The van der Waals surface area contributed by atoms with Gasteiger partial charge in [0.2, 0.25) is 0 Å². The second-order valence-electron chi connectivity index (χ2n) is 5.33. The Balaban J connectivity index is 1.92. The van der Waals surface area contributed by atoms with Crippen LogP contribution in [0.15, 0.2) is 0 Å². The summed E-state index contributed by atoms with van der Waals surface area (Å²) in [6, 6.07) is 0.0598. The highest BCUT2D eigenvalue weighted by molar-refractivity contribution is 5.74. The van der Waals surface area contributed by atoms with E-state index in [1.165, 1.54) is 12.8 Å². The van der Waals surface area contributed by atoms with E-state index in [4.69, 9.17) is 0 Å². The second kappa shape index (κ2) is 6.08. The molecule has 0 radical (unpaired) electrons. The van der Waals surface area contributed by atoms with Crippen LogP contribution in [0.3, 0.4) is 0 Å². The molecule has 2 amide bonds. The van der Waals surface area contributed by atoms with E-state index in [1.807, 2.05) is 30.5 Å². The molecular formula is C14H24N4O. The summed E-state index contributed by atoms with van der Waals surface area (Å²) in [5, 5.41) is 7.39. The highest BCUT2D eigenvalue weighted by Crippen LogP contribution is 2.12. The first-order chi connectivity index (χ1) is 9.09. The zero-order chi connectivity index (χ0) is 13.8. The number of urea groups is 1. The number of hydrogen-bond acceptors (Lipinski definition) is 2. The van der Waals surface area contributed by atoms with Gasteiger partial charge in [0.05, 0.1) is 5.69 Å². The van der Waals surface area contributed by atoms with Gasteiger partial charge in [0, 0.05) is 37.9 Å². The number of carbonyl (C=O) groups is 1. The summed E-state index contributed by atoms with van der Waals surface area (Å²) in [6.45, 7) is 6.36. The molecule has 5 heteroatoms.